The molecule has 0 bridgehead atoms. The summed E-state index contributed by atoms with van der Waals surface area (Å²) in [4.78, 5) is 12.1. The third kappa shape index (κ3) is 3.97. The standard InChI is InChI=1S/C16H19N3O2/c1-21-10-12-4-2-3-11(7-12)9-19-16(20)14-6-5-13(17)8-15(14)18/h2-8H,9-10,17-18H2,1H3,(H,19,20). The van der Waals surface area contributed by atoms with Gasteiger partial charge in [0.05, 0.1) is 12.2 Å². The number of nitrogens with two attached hydrogens (primary N) is 2. The lowest BCUT2D eigenvalue weighted by Gasteiger charge is -2.09. The molecule has 5 heteroatoms. The second kappa shape index (κ2) is 6.76. The van der Waals surface area contributed by atoms with Gasteiger partial charge in [0.2, 0.25) is 0 Å². The average molecular weight is 285 g/mol. The molecule has 0 unspecified atom stereocenters. The van der Waals surface area contributed by atoms with E-state index in [2.05, 4.69) is 5.32 Å². The molecule has 2 rings (SSSR count). The first-order chi connectivity index (χ1) is 10.1. The summed E-state index contributed by atoms with van der Waals surface area (Å²) < 4.78 is 5.09. The second-order valence-corrected chi connectivity index (χ2v) is 4.78. The number of ether oxygens (including phenoxy) is 1. The Bertz CT molecular complexity index is 641. The first-order valence-electron chi connectivity index (χ1n) is 6.60. The molecule has 0 saturated heterocycles. The SMILES string of the molecule is COCc1cccc(CNC(=O)c2ccc(N)cc2N)c1. The molecule has 2 aromatic carbocycles. The molecule has 0 aromatic heterocycles. The van der Waals surface area contributed by atoms with Gasteiger partial charge in [-0.2, -0.15) is 0 Å². The summed E-state index contributed by atoms with van der Waals surface area (Å²) >= 11 is 0. The normalized spacial score (nSPS) is 10.3. The van der Waals surface area contributed by atoms with Crippen molar-refractivity contribution < 1.29 is 9.53 Å². The van der Waals surface area contributed by atoms with E-state index in [1.165, 1.54) is 0 Å². The minimum Gasteiger partial charge on any atom is -0.399 e. The van der Waals surface area contributed by atoms with Crippen molar-refractivity contribution in [3.8, 4) is 0 Å². The first kappa shape index (κ1) is 14.9. The topological polar surface area (TPSA) is 90.4 Å². The van der Waals surface area contributed by atoms with E-state index in [4.69, 9.17) is 16.2 Å². The maximum atomic E-state index is 12.1. The fourth-order valence-electron chi connectivity index (χ4n) is 2.06. The van der Waals surface area contributed by atoms with E-state index in [9.17, 15) is 4.79 Å². The number of carbonyl (C=O) groups excluding carboxylic acids is 1. The second-order valence-electron chi connectivity index (χ2n) is 4.78. The van der Waals surface area contributed by atoms with Crippen LogP contribution in [0.4, 0.5) is 11.4 Å². The molecule has 21 heavy (non-hydrogen) atoms. The highest BCUT2D eigenvalue weighted by molar-refractivity contribution is 5.99. The van der Waals surface area contributed by atoms with Crippen LogP contribution in [-0.4, -0.2) is 13.0 Å². The summed E-state index contributed by atoms with van der Waals surface area (Å²) in [7, 11) is 1.65. The van der Waals surface area contributed by atoms with Crippen LogP contribution in [0.1, 0.15) is 21.5 Å². The molecule has 1 amide bonds. The molecular formula is C16H19N3O2. The average Bonchev–Trinajstić information content (AvgIpc) is 2.45. The number of benzene rings is 2. The fraction of sp³-hybridized carbons (Fsp3) is 0.188. The van der Waals surface area contributed by atoms with Gasteiger partial charge in [-0.15, -0.1) is 0 Å². The number of rotatable bonds is 5. The van der Waals surface area contributed by atoms with E-state index >= 15 is 0 Å². The van der Waals surface area contributed by atoms with Gasteiger partial charge in [-0.1, -0.05) is 24.3 Å². The molecule has 0 aliphatic rings. The van der Waals surface area contributed by atoms with Crippen LogP contribution < -0.4 is 16.8 Å². The van der Waals surface area contributed by atoms with E-state index in [1.807, 2.05) is 24.3 Å². The summed E-state index contributed by atoms with van der Waals surface area (Å²) in [6.07, 6.45) is 0. The van der Waals surface area contributed by atoms with Gasteiger partial charge in [-0.3, -0.25) is 4.79 Å². The van der Waals surface area contributed by atoms with Gasteiger partial charge in [-0.05, 0) is 29.3 Å². The number of nitrogens with one attached hydrogen (secondary N) is 1. The highest BCUT2D eigenvalue weighted by atomic mass is 16.5. The van der Waals surface area contributed by atoms with Gasteiger partial charge in [-0.25, -0.2) is 0 Å². The summed E-state index contributed by atoms with van der Waals surface area (Å²) in [6.45, 7) is 0.979. The molecule has 0 spiro atoms. The fourth-order valence-corrected chi connectivity index (χ4v) is 2.06. The lowest BCUT2D eigenvalue weighted by atomic mass is 10.1. The number of hydrogen-bond acceptors (Lipinski definition) is 4. The summed E-state index contributed by atoms with van der Waals surface area (Å²) in [6, 6.07) is 12.7. The van der Waals surface area contributed by atoms with Crippen molar-refractivity contribution in [2.24, 2.45) is 0 Å². The summed E-state index contributed by atoms with van der Waals surface area (Å²) in [5, 5.41) is 2.84. The van der Waals surface area contributed by atoms with Crippen molar-refractivity contribution in [3.05, 3.63) is 59.2 Å². The number of methoxy groups -OCH3 is 1. The van der Waals surface area contributed by atoms with Crippen LogP contribution >= 0.6 is 0 Å². The van der Waals surface area contributed by atoms with E-state index in [0.29, 0.717) is 30.1 Å². The van der Waals surface area contributed by atoms with Crippen molar-refractivity contribution in [1.82, 2.24) is 5.32 Å². The Balaban J connectivity index is 2.02. The molecule has 0 radical (unpaired) electrons. The molecular weight excluding hydrogens is 266 g/mol. The van der Waals surface area contributed by atoms with Gasteiger partial charge in [0, 0.05) is 25.0 Å². The van der Waals surface area contributed by atoms with Crippen molar-refractivity contribution in [2.75, 3.05) is 18.6 Å². The minimum atomic E-state index is -0.218. The monoisotopic (exact) mass is 285 g/mol. The lowest BCUT2D eigenvalue weighted by molar-refractivity contribution is 0.0952. The van der Waals surface area contributed by atoms with Crippen LogP contribution in [0.15, 0.2) is 42.5 Å². The van der Waals surface area contributed by atoms with Crippen LogP contribution in [0.5, 0.6) is 0 Å². The van der Waals surface area contributed by atoms with Crippen molar-refractivity contribution in [2.45, 2.75) is 13.2 Å². The van der Waals surface area contributed by atoms with Crippen LogP contribution in [0.2, 0.25) is 0 Å². The van der Waals surface area contributed by atoms with Crippen molar-refractivity contribution in [1.29, 1.82) is 0 Å². The zero-order chi connectivity index (χ0) is 15.2. The van der Waals surface area contributed by atoms with Gasteiger partial charge in [0.25, 0.3) is 5.91 Å². The zero-order valence-electron chi connectivity index (χ0n) is 11.9. The molecule has 0 aliphatic carbocycles. The van der Waals surface area contributed by atoms with Crippen molar-refractivity contribution in [3.63, 3.8) is 0 Å². The van der Waals surface area contributed by atoms with Crippen molar-refractivity contribution >= 4 is 17.3 Å². The quantitative estimate of drug-likeness (QED) is 0.732. The van der Waals surface area contributed by atoms with Gasteiger partial charge < -0.3 is 21.5 Å². The molecule has 0 fully saturated rings. The number of hydrogen-bond donors (Lipinski definition) is 3. The predicted molar refractivity (Wildman–Crippen MR) is 83.6 cm³/mol. The van der Waals surface area contributed by atoms with E-state index in [1.54, 1.807) is 25.3 Å². The van der Waals surface area contributed by atoms with E-state index in [0.717, 1.165) is 11.1 Å². The summed E-state index contributed by atoms with van der Waals surface area (Å²) in [5.41, 5.74) is 14.8. The number of carbonyl (C=O) groups is 1. The van der Waals surface area contributed by atoms with Gasteiger partial charge in [0.15, 0.2) is 0 Å². The smallest absolute Gasteiger partial charge is 0.253 e. The highest BCUT2D eigenvalue weighted by Gasteiger charge is 2.09. The maximum Gasteiger partial charge on any atom is 0.253 e. The number of anilines is 2. The first-order valence-corrected chi connectivity index (χ1v) is 6.60. The van der Waals surface area contributed by atoms with E-state index < -0.39 is 0 Å². The highest BCUT2D eigenvalue weighted by Crippen LogP contribution is 2.15. The molecule has 0 aliphatic heterocycles. The van der Waals surface area contributed by atoms with Gasteiger partial charge in [0.1, 0.15) is 0 Å². The Hall–Kier alpha value is -2.53. The largest absolute Gasteiger partial charge is 0.399 e. The van der Waals surface area contributed by atoms with Crippen LogP contribution in [0.25, 0.3) is 0 Å². The number of nitrogen functional groups attached to an aromatic ring is 2. The van der Waals surface area contributed by atoms with Crippen LogP contribution in [0.3, 0.4) is 0 Å². The lowest BCUT2D eigenvalue weighted by Crippen LogP contribution is -2.23. The molecule has 0 saturated carbocycles. The third-order valence-electron chi connectivity index (χ3n) is 3.08. The Morgan fingerprint density at radius 3 is 2.62 bits per heavy atom. The molecule has 5 nitrogen and oxygen atoms in total. The minimum absolute atomic E-state index is 0.218. The third-order valence-corrected chi connectivity index (χ3v) is 3.08. The molecule has 0 heterocycles. The summed E-state index contributed by atoms with van der Waals surface area (Å²) in [5.74, 6) is -0.218. The van der Waals surface area contributed by atoms with E-state index in [-0.39, 0.29) is 5.91 Å². The molecule has 110 valence electrons. The number of amides is 1. The molecule has 0 atom stereocenters. The van der Waals surface area contributed by atoms with Crippen LogP contribution in [0, 0.1) is 0 Å². The predicted octanol–water partition coefficient (Wildman–Crippen LogP) is 1.93. The molecule has 5 N–H and O–H groups in total. The van der Waals surface area contributed by atoms with Crippen LogP contribution in [-0.2, 0) is 17.9 Å². The van der Waals surface area contributed by atoms with Gasteiger partial charge >= 0.3 is 0 Å². The Morgan fingerprint density at radius 1 is 1.14 bits per heavy atom. The Labute approximate surface area is 123 Å². The Morgan fingerprint density at radius 2 is 1.90 bits per heavy atom. The zero-order valence-corrected chi connectivity index (χ0v) is 11.9. The molecule has 2 aromatic rings. The Kier molecular flexibility index (Phi) is 4.79. The maximum absolute atomic E-state index is 12.1.